The summed E-state index contributed by atoms with van der Waals surface area (Å²) in [5, 5.41) is 1.04. The number of H-pyrrole nitrogens is 1. The summed E-state index contributed by atoms with van der Waals surface area (Å²) in [6.07, 6.45) is 1.75. The third kappa shape index (κ3) is 1.17. The number of hydrogen-bond acceptors (Lipinski definition) is 2. The Morgan fingerprint density at radius 3 is 3.12 bits per heavy atom. The summed E-state index contributed by atoms with van der Waals surface area (Å²) in [6, 6.07) is 8.00. The molecular weight excluding hydrogens is 214 g/mol. The zero-order valence-corrected chi connectivity index (χ0v) is 9.40. The van der Waals surface area contributed by atoms with E-state index in [1.807, 2.05) is 24.3 Å². The van der Waals surface area contributed by atoms with Crippen LogP contribution in [0.4, 0.5) is 0 Å². The minimum absolute atomic E-state index is 0.107. The summed E-state index contributed by atoms with van der Waals surface area (Å²) < 4.78 is 5.78. The van der Waals surface area contributed by atoms with Crippen LogP contribution in [-0.2, 0) is 4.74 Å². The van der Waals surface area contributed by atoms with Crippen LogP contribution in [0.2, 0.25) is 0 Å². The molecule has 1 aromatic heterocycles. The smallest absolute Gasteiger partial charge is 0.165 e. The molecule has 1 aromatic carbocycles. The Labute approximate surface area is 98.8 Å². The molecule has 17 heavy (non-hydrogen) atoms. The molecule has 2 atom stereocenters. The first-order valence-electron chi connectivity index (χ1n) is 6.10. The standard InChI is InChI=1S/C14H13NO2/c16-11-7-8-5-6-17-14(8)13-12(11)9-3-1-2-4-10(9)15-13/h1-4,8,14-15H,5-7H2. The highest BCUT2D eigenvalue weighted by Gasteiger charge is 2.40. The van der Waals surface area contributed by atoms with Crippen molar-refractivity contribution in [2.75, 3.05) is 6.61 Å². The SMILES string of the molecule is O=C1CC2CCOC2c2[nH]c3ccccc3c21. The zero-order valence-electron chi connectivity index (χ0n) is 9.40. The minimum atomic E-state index is 0.107. The maximum Gasteiger partial charge on any atom is 0.165 e. The summed E-state index contributed by atoms with van der Waals surface area (Å²) in [4.78, 5) is 15.6. The lowest BCUT2D eigenvalue weighted by Gasteiger charge is -2.23. The maximum absolute atomic E-state index is 12.2. The average Bonchev–Trinajstić information content (AvgIpc) is 2.91. The first-order chi connectivity index (χ1) is 8.34. The van der Waals surface area contributed by atoms with Gasteiger partial charge in [0.2, 0.25) is 0 Å². The molecule has 4 rings (SSSR count). The lowest BCUT2D eigenvalue weighted by atomic mass is 9.83. The Hall–Kier alpha value is -1.61. The van der Waals surface area contributed by atoms with Gasteiger partial charge in [-0.05, 0) is 12.5 Å². The molecule has 2 aromatic rings. The molecule has 1 saturated heterocycles. The number of aromatic amines is 1. The summed E-state index contributed by atoms with van der Waals surface area (Å²) in [5.74, 6) is 0.646. The number of rotatable bonds is 0. The molecule has 2 unspecified atom stereocenters. The normalized spacial score (nSPS) is 27.2. The third-order valence-corrected chi connectivity index (χ3v) is 3.96. The van der Waals surface area contributed by atoms with Crippen LogP contribution in [0.15, 0.2) is 24.3 Å². The van der Waals surface area contributed by atoms with Crippen LogP contribution in [-0.4, -0.2) is 17.4 Å². The lowest BCUT2D eigenvalue weighted by Crippen LogP contribution is -2.21. The van der Waals surface area contributed by atoms with Gasteiger partial charge in [0.05, 0.1) is 5.69 Å². The number of nitrogens with one attached hydrogen (secondary N) is 1. The molecule has 0 spiro atoms. The second kappa shape index (κ2) is 3.20. The Balaban J connectivity index is 2.03. The van der Waals surface area contributed by atoms with Gasteiger partial charge in [-0.25, -0.2) is 0 Å². The molecule has 1 N–H and O–H groups in total. The van der Waals surface area contributed by atoms with Crippen molar-refractivity contribution in [3.63, 3.8) is 0 Å². The Kier molecular flexibility index (Phi) is 1.77. The molecule has 1 fully saturated rings. The fourth-order valence-electron chi connectivity index (χ4n) is 3.18. The van der Waals surface area contributed by atoms with Gasteiger partial charge < -0.3 is 9.72 Å². The van der Waals surface area contributed by atoms with Crippen molar-refractivity contribution in [3.05, 3.63) is 35.5 Å². The highest BCUT2D eigenvalue weighted by molar-refractivity contribution is 6.10. The monoisotopic (exact) mass is 227 g/mol. The van der Waals surface area contributed by atoms with E-state index in [4.69, 9.17) is 4.74 Å². The molecule has 0 radical (unpaired) electrons. The second-order valence-electron chi connectivity index (χ2n) is 4.93. The van der Waals surface area contributed by atoms with Crippen molar-refractivity contribution in [1.82, 2.24) is 4.98 Å². The summed E-state index contributed by atoms with van der Waals surface area (Å²) in [6.45, 7) is 0.775. The Morgan fingerprint density at radius 2 is 2.18 bits per heavy atom. The molecule has 3 heteroatoms. The van der Waals surface area contributed by atoms with Crippen molar-refractivity contribution < 1.29 is 9.53 Å². The van der Waals surface area contributed by atoms with E-state index < -0.39 is 0 Å². The van der Waals surface area contributed by atoms with Gasteiger partial charge in [0.25, 0.3) is 0 Å². The lowest BCUT2D eigenvalue weighted by molar-refractivity contribution is 0.0692. The van der Waals surface area contributed by atoms with Crippen molar-refractivity contribution in [2.24, 2.45) is 5.92 Å². The van der Waals surface area contributed by atoms with E-state index in [2.05, 4.69) is 4.98 Å². The molecule has 0 amide bonds. The van der Waals surface area contributed by atoms with Gasteiger partial charge in [0, 0.05) is 35.4 Å². The average molecular weight is 227 g/mol. The van der Waals surface area contributed by atoms with Crippen molar-refractivity contribution >= 4 is 16.7 Å². The number of carbonyl (C=O) groups excluding carboxylic acids is 1. The number of ketones is 1. The van der Waals surface area contributed by atoms with E-state index in [1.165, 1.54) is 0 Å². The summed E-state index contributed by atoms with van der Waals surface area (Å²) in [7, 11) is 0. The van der Waals surface area contributed by atoms with E-state index in [0.717, 1.165) is 35.2 Å². The van der Waals surface area contributed by atoms with E-state index in [1.54, 1.807) is 0 Å². The number of carbonyl (C=O) groups is 1. The molecule has 86 valence electrons. The molecule has 3 nitrogen and oxygen atoms in total. The van der Waals surface area contributed by atoms with Gasteiger partial charge in [-0.3, -0.25) is 4.79 Å². The van der Waals surface area contributed by atoms with E-state index in [0.29, 0.717) is 12.3 Å². The fraction of sp³-hybridized carbons (Fsp3) is 0.357. The summed E-state index contributed by atoms with van der Waals surface area (Å²) in [5.41, 5.74) is 2.91. The summed E-state index contributed by atoms with van der Waals surface area (Å²) >= 11 is 0. The number of ether oxygens (including phenoxy) is 1. The number of fused-ring (bicyclic) bond motifs is 5. The van der Waals surface area contributed by atoms with Crippen LogP contribution in [0.1, 0.15) is 35.0 Å². The number of aromatic nitrogens is 1. The minimum Gasteiger partial charge on any atom is -0.372 e. The van der Waals surface area contributed by atoms with Gasteiger partial charge in [-0.1, -0.05) is 18.2 Å². The molecule has 2 heterocycles. The van der Waals surface area contributed by atoms with Crippen LogP contribution in [0.25, 0.3) is 10.9 Å². The highest BCUT2D eigenvalue weighted by Crippen LogP contribution is 2.44. The Bertz CT molecular complexity index is 614. The second-order valence-corrected chi connectivity index (χ2v) is 4.93. The van der Waals surface area contributed by atoms with Crippen LogP contribution in [0.5, 0.6) is 0 Å². The topological polar surface area (TPSA) is 42.1 Å². The van der Waals surface area contributed by atoms with E-state index in [-0.39, 0.29) is 11.9 Å². The van der Waals surface area contributed by atoms with Crippen LogP contribution in [0, 0.1) is 5.92 Å². The van der Waals surface area contributed by atoms with E-state index in [9.17, 15) is 4.79 Å². The highest BCUT2D eigenvalue weighted by atomic mass is 16.5. The van der Waals surface area contributed by atoms with Gasteiger partial charge in [0.15, 0.2) is 5.78 Å². The van der Waals surface area contributed by atoms with Gasteiger partial charge in [0.1, 0.15) is 6.10 Å². The van der Waals surface area contributed by atoms with Crippen LogP contribution >= 0.6 is 0 Å². The fourth-order valence-corrected chi connectivity index (χ4v) is 3.18. The molecular formula is C14H13NO2. The molecule has 0 bridgehead atoms. The van der Waals surface area contributed by atoms with Crippen molar-refractivity contribution in [3.8, 4) is 0 Å². The molecule has 2 aliphatic rings. The first-order valence-corrected chi connectivity index (χ1v) is 6.10. The molecule has 0 saturated carbocycles. The quantitative estimate of drug-likeness (QED) is 0.752. The predicted octanol–water partition coefficient (Wildman–Crippen LogP) is 2.83. The van der Waals surface area contributed by atoms with Crippen LogP contribution < -0.4 is 0 Å². The van der Waals surface area contributed by atoms with Crippen molar-refractivity contribution in [1.29, 1.82) is 0 Å². The van der Waals surface area contributed by atoms with E-state index >= 15 is 0 Å². The largest absolute Gasteiger partial charge is 0.372 e. The maximum atomic E-state index is 12.2. The molecule has 1 aliphatic heterocycles. The van der Waals surface area contributed by atoms with Gasteiger partial charge >= 0.3 is 0 Å². The predicted molar refractivity (Wildman–Crippen MR) is 64.0 cm³/mol. The third-order valence-electron chi connectivity index (χ3n) is 3.96. The number of Topliss-reactive ketones (excluding diaryl/α,β-unsaturated/α-hetero) is 1. The van der Waals surface area contributed by atoms with Crippen molar-refractivity contribution in [2.45, 2.75) is 18.9 Å². The Morgan fingerprint density at radius 1 is 1.29 bits per heavy atom. The number of benzene rings is 1. The molecule has 1 aliphatic carbocycles. The zero-order chi connectivity index (χ0) is 11.4. The van der Waals surface area contributed by atoms with Gasteiger partial charge in [-0.15, -0.1) is 0 Å². The number of para-hydroxylation sites is 1. The first kappa shape index (κ1) is 9.42. The van der Waals surface area contributed by atoms with Crippen LogP contribution in [0.3, 0.4) is 0 Å². The van der Waals surface area contributed by atoms with Gasteiger partial charge in [-0.2, -0.15) is 0 Å². The number of hydrogen-bond donors (Lipinski definition) is 1.